The Morgan fingerprint density at radius 1 is 0.600 bits per heavy atom. The van der Waals surface area contributed by atoms with E-state index >= 15 is 0 Å². The molecule has 3 aromatic rings. The predicted molar refractivity (Wildman–Crippen MR) is 201 cm³/mol. The molecule has 0 amide bonds. The molecule has 4 atom stereocenters. The summed E-state index contributed by atoms with van der Waals surface area (Å²) in [5, 5.41) is 0. The van der Waals surface area contributed by atoms with Crippen LogP contribution in [-0.2, 0) is 56.4 Å². The van der Waals surface area contributed by atoms with Gasteiger partial charge in [-0.1, -0.05) is 62.4 Å². The van der Waals surface area contributed by atoms with Crippen LogP contribution in [-0.4, -0.2) is 103 Å². The number of rotatable bonds is 19. The van der Waals surface area contributed by atoms with E-state index in [4.69, 9.17) is 49.4 Å². The molecule has 3 aromatic carbocycles. The van der Waals surface area contributed by atoms with Gasteiger partial charge in [0.1, 0.15) is 50.1 Å². The van der Waals surface area contributed by atoms with Crippen molar-refractivity contribution in [1.82, 2.24) is 0 Å². The van der Waals surface area contributed by atoms with Crippen molar-refractivity contribution in [3.8, 4) is 11.5 Å². The molecule has 4 aliphatic heterocycles. The molecular weight excluding hydrogens is 712 g/mol. The average Bonchev–Trinajstić information content (AvgIpc) is 4.14. The highest BCUT2D eigenvalue weighted by atomic mass is 16.8. The molecular formula is C41H54N2O12. The maximum atomic E-state index is 10.6. The number of carbonyl (C=O) groups excluding carboxylic acids is 2. The van der Waals surface area contributed by atoms with Gasteiger partial charge in [0, 0.05) is 31.7 Å². The Bertz CT molecular complexity index is 1480. The molecule has 0 saturated carbocycles. The van der Waals surface area contributed by atoms with Crippen molar-refractivity contribution in [2.45, 2.75) is 69.6 Å². The SMILES string of the molecule is CC(C)(c1ccc(OCC2CO2)cc1)c1ccc(OCC2CO2)cc1.NCc1cccc(CN)c1.O=C1OCC(COCCCCOCC2COC(=O)O2)O1. The van der Waals surface area contributed by atoms with E-state index in [0.29, 0.717) is 52.7 Å². The van der Waals surface area contributed by atoms with Gasteiger partial charge in [-0.05, 0) is 59.4 Å². The normalized spacial score (nSPS) is 20.7. The second-order valence-electron chi connectivity index (χ2n) is 13.9. The summed E-state index contributed by atoms with van der Waals surface area (Å²) in [5.41, 5.74) is 15.6. The van der Waals surface area contributed by atoms with Gasteiger partial charge in [-0.15, -0.1) is 0 Å². The molecule has 14 nitrogen and oxygen atoms in total. The number of hydrogen-bond acceptors (Lipinski definition) is 14. The summed E-state index contributed by atoms with van der Waals surface area (Å²) in [5.74, 6) is 1.78. The fraction of sp³-hybridized carbons (Fsp3) is 0.512. The number of nitrogens with two attached hydrogens (primary N) is 2. The average molecular weight is 767 g/mol. The molecule has 55 heavy (non-hydrogen) atoms. The van der Waals surface area contributed by atoms with Crippen LogP contribution in [0.4, 0.5) is 9.59 Å². The minimum Gasteiger partial charge on any atom is -0.491 e. The molecule has 4 saturated heterocycles. The summed E-state index contributed by atoms with van der Waals surface area (Å²) in [6.45, 7) is 10.9. The molecule has 4 N–H and O–H groups in total. The number of hydrogen-bond donors (Lipinski definition) is 2. The van der Waals surface area contributed by atoms with Crippen LogP contribution >= 0.6 is 0 Å². The molecule has 14 heteroatoms. The number of ether oxygens (including phenoxy) is 10. The Morgan fingerprint density at radius 2 is 1.02 bits per heavy atom. The monoisotopic (exact) mass is 766 g/mol. The summed E-state index contributed by atoms with van der Waals surface area (Å²) in [6, 6.07) is 24.7. The molecule has 4 unspecified atom stereocenters. The van der Waals surface area contributed by atoms with Gasteiger partial charge < -0.3 is 58.8 Å². The first-order valence-corrected chi connectivity index (χ1v) is 18.7. The highest BCUT2D eigenvalue weighted by Crippen LogP contribution is 2.33. The molecule has 0 aliphatic carbocycles. The molecule has 0 radical (unpaired) electrons. The van der Waals surface area contributed by atoms with Gasteiger partial charge in [-0.3, -0.25) is 0 Å². The van der Waals surface area contributed by atoms with E-state index in [9.17, 15) is 9.59 Å². The highest BCUT2D eigenvalue weighted by Gasteiger charge is 2.27. The quantitative estimate of drug-likeness (QED) is 0.0939. The molecule has 0 aromatic heterocycles. The van der Waals surface area contributed by atoms with Crippen molar-refractivity contribution < 1.29 is 57.0 Å². The van der Waals surface area contributed by atoms with Gasteiger partial charge >= 0.3 is 12.3 Å². The molecule has 0 bridgehead atoms. The zero-order chi connectivity index (χ0) is 38.9. The van der Waals surface area contributed by atoms with Crippen LogP contribution in [0.3, 0.4) is 0 Å². The lowest BCUT2D eigenvalue weighted by molar-refractivity contribution is 0.0305. The fourth-order valence-electron chi connectivity index (χ4n) is 5.43. The summed E-state index contributed by atoms with van der Waals surface area (Å²) >= 11 is 0. The second-order valence-corrected chi connectivity index (χ2v) is 13.9. The third-order valence-corrected chi connectivity index (χ3v) is 9.03. The predicted octanol–water partition coefficient (Wildman–Crippen LogP) is 5.04. The standard InChI is InChI=1S/C21H24O4.C12H18O8.C8H12N2/c1-21(2,15-3-7-17(8-4-15)22-11-19-13-24-19)16-5-9-18(10-6-16)23-12-20-14-25-20;13-11-17-7-9(19-11)5-15-3-1-2-4-16-6-10-8-18-12(14)20-10;9-5-7-2-1-3-8(4-7)6-10/h3-10,19-20H,11-14H2,1-2H3;9-10H,1-8H2;1-4H,5-6,9-10H2. The van der Waals surface area contributed by atoms with Crippen molar-refractivity contribution in [2.75, 3.05) is 66.1 Å². The van der Waals surface area contributed by atoms with E-state index in [-0.39, 0.29) is 43.0 Å². The van der Waals surface area contributed by atoms with Crippen LogP contribution in [0.1, 0.15) is 48.9 Å². The smallest absolute Gasteiger partial charge is 0.491 e. The van der Waals surface area contributed by atoms with E-state index in [2.05, 4.69) is 47.6 Å². The van der Waals surface area contributed by atoms with Crippen molar-refractivity contribution in [2.24, 2.45) is 11.5 Å². The van der Waals surface area contributed by atoms with Crippen molar-refractivity contribution in [3.63, 3.8) is 0 Å². The van der Waals surface area contributed by atoms with E-state index in [0.717, 1.165) is 48.7 Å². The Balaban J connectivity index is 0.000000173. The van der Waals surface area contributed by atoms with Crippen LogP contribution in [0.5, 0.6) is 11.5 Å². The Hall–Kier alpha value is -4.44. The van der Waals surface area contributed by atoms with Gasteiger partial charge in [-0.2, -0.15) is 0 Å². The van der Waals surface area contributed by atoms with E-state index in [1.807, 2.05) is 48.5 Å². The minimum atomic E-state index is -0.636. The van der Waals surface area contributed by atoms with Crippen molar-refractivity contribution >= 4 is 12.3 Å². The van der Waals surface area contributed by atoms with Crippen molar-refractivity contribution in [3.05, 3.63) is 95.1 Å². The molecule has 4 aliphatic rings. The number of carbonyl (C=O) groups is 2. The Kier molecular flexibility index (Phi) is 16.4. The number of unbranched alkanes of at least 4 members (excludes halogenated alkanes) is 1. The lowest BCUT2D eigenvalue weighted by atomic mass is 9.78. The maximum Gasteiger partial charge on any atom is 0.508 e. The third-order valence-electron chi connectivity index (χ3n) is 9.03. The van der Waals surface area contributed by atoms with Gasteiger partial charge in [-0.25, -0.2) is 9.59 Å². The van der Waals surface area contributed by atoms with E-state index in [1.165, 1.54) is 11.1 Å². The number of epoxide rings is 2. The molecule has 7 rings (SSSR count). The first-order chi connectivity index (χ1) is 26.7. The topological polar surface area (TPSA) is 185 Å². The lowest BCUT2D eigenvalue weighted by Crippen LogP contribution is -2.19. The summed E-state index contributed by atoms with van der Waals surface area (Å²) in [7, 11) is 0. The van der Waals surface area contributed by atoms with Gasteiger partial charge in [0.25, 0.3) is 0 Å². The van der Waals surface area contributed by atoms with Crippen molar-refractivity contribution in [1.29, 1.82) is 0 Å². The van der Waals surface area contributed by atoms with Crippen LogP contribution in [0.15, 0.2) is 72.8 Å². The Morgan fingerprint density at radius 3 is 1.36 bits per heavy atom. The largest absolute Gasteiger partial charge is 0.508 e. The Labute approximate surface area is 322 Å². The summed E-state index contributed by atoms with van der Waals surface area (Å²) in [6.07, 6.45) is 0.371. The first-order valence-electron chi connectivity index (χ1n) is 18.7. The number of benzene rings is 3. The lowest BCUT2D eigenvalue weighted by Gasteiger charge is -2.26. The van der Waals surface area contributed by atoms with E-state index in [1.54, 1.807) is 0 Å². The zero-order valence-electron chi connectivity index (χ0n) is 31.7. The zero-order valence-corrected chi connectivity index (χ0v) is 31.7. The van der Waals surface area contributed by atoms with Crippen LogP contribution in [0.25, 0.3) is 0 Å². The molecule has 0 spiro atoms. The highest BCUT2D eigenvalue weighted by molar-refractivity contribution is 5.62. The minimum absolute atomic E-state index is 0.0870. The molecule has 300 valence electrons. The maximum absolute atomic E-state index is 10.6. The first kappa shape index (κ1) is 41.7. The van der Waals surface area contributed by atoms with Crippen LogP contribution in [0.2, 0.25) is 0 Å². The van der Waals surface area contributed by atoms with Crippen LogP contribution < -0.4 is 20.9 Å². The summed E-state index contributed by atoms with van der Waals surface area (Å²) < 4.78 is 51.4. The third kappa shape index (κ3) is 15.0. The van der Waals surface area contributed by atoms with Gasteiger partial charge in [0.15, 0.2) is 12.2 Å². The summed E-state index contributed by atoms with van der Waals surface area (Å²) in [4.78, 5) is 21.3. The van der Waals surface area contributed by atoms with Gasteiger partial charge in [0.05, 0.1) is 26.4 Å². The molecule has 4 heterocycles. The number of cyclic esters (lactones) is 4. The van der Waals surface area contributed by atoms with Crippen LogP contribution in [0, 0.1) is 0 Å². The fourth-order valence-corrected chi connectivity index (χ4v) is 5.43. The van der Waals surface area contributed by atoms with E-state index < -0.39 is 12.3 Å². The second kappa shape index (κ2) is 21.6. The van der Waals surface area contributed by atoms with Gasteiger partial charge in [0.2, 0.25) is 0 Å². The molecule has 4 fully saturated rings.